The van der Waals surface area contributed by atoms with E-state index in [1.165, 1.54) is 61.7 Å². The maximum Gasteiger partial charge on any atom is -0.0771 e. The average molecular weight is 535 g/mol. The molecule has 0 radical (unpaired) electrons. The second-order valence-corrected chi connectivity index (χ2v) is 15.9. The van der Waals surface area contributed by atoms with Crippen molar-refractivity contribution in [2.45, 2.75) is 13.0 Å². The van der Waals surface area contributed by atoms with Crippen LogP contribution < -0.4 is 24.8 Å². The van der Waals surface area contributed by atoms with E-state index in [1.54, 1.807) is 0 Å². The van der Waals surface area contributed by atoms with Gasteiger partial charge in [0, 0.05) is 0 Å². The van der Waals surface area contributed by atoms with Crippen molar-refractivity contribution in [3.63, 3.8) is 0 Å². The van der Waals surface area contributed by atoms with Crippen LogP contribution in [0, 0.1) is 0 Å². The Hall–Kier alpha value is -0.890. The first-order chi connectivity index (χ1) is 13.2. The van der Waals surface area contributed by atoms with Crippen molar-refractivity contribution in [1.29, 1.82) is 0 Å². The van der Waals surface area contributed by atoms with Crippen LogP contribution in [0.25, 0.3) is 32.3 Å². The second kappa shape index (κ2) is 13.4. The van der Waals surface area contributed by atoms with Crippen molar-refractivity contribution < 1.29 is 48.1 Å². The fourth-order valence-electron chi connectivity index (χ4n) is 2.97. The summed E-state index contributed by atoms with van der Waals surface area (Å²) in [6, 6.07) is 35.2. The molecule has 0 aromatic heterocycles. The summed E-state index contributed by atoms with van der Waals surface area (Å²) in [7, 11) is 0. The number of fused-ring (bicyclic) bond motifs is 4. The van der Waals surface area contributed by atoms with Gasteiger partial charge in [0.25, 0.3) is 0 Å². The molecule has 0 bridgehead atoms. The summed E-state index contributed by atoms with van der Waals surface area (Å²) in [5.41, 5.74) is 0. The summed E-state index contributed by atoms with van der Waals surface area (Å²) in [6.07, 6.45) is 0. The van der Waals surface area contributed by atoms with Crippen molar-refractivity contribution in [2.75, 3.05) is 0 Å². The van der Waals surface area contributed by atoms with Gasteiger partial charge >= 0.3 is 52.1 Å². The van der Waals surface area contributed by atoms with Gasteiger partial charge in [-0.25, -0.2) is 0 Å². The van der Waals surface area contributed by atoms with Gasteiger partial charge in [0.15, 0.2) is 0 Å². The van der Waals surface area contributed by atoms with Gasteiger partial charge < -0.3 is 24.8 Å². The van der Waals surface area contributed by atoms with Gasteiger partial charge in [-0.1, -0.05) is 42.5 Å². The average Bonchev–Trinajstić information content (AvgIpc) is 3.33. The van der Waals surface area contributed by atoms with Crippen molar-refractivity contribution >= 4 is 48.1 Å². The van der Waals surface area contributed by atoms with Gasteiger partial charge in [-0.3, -0.25) is 0 Å². The predicted molar refractivity (Wildman–Crippen MR) is 119 cm³/mol. The molecule has 0 aliphatic carbocycles. The molecule has 0 N–H and O–H groups in total. The molecular weight excluding hydrogens is 514 g/mol. The van der Waals surface area contributed by atoms with E-state index in [0.29, 0.717) is 0 Å². The molecule has 5 heteroatoms. The number of halogens is 3. The first-order valence-corrected chi connectivity index (χ1v) is 15.5. The summed E-state index contributed by atoms with van der Waals surface area (Å²) >= 11 is 7.14. The molecule has 0 heterocycles. The first kappa shape index (κ1) is 26.1. The van der Waals surface area contributed by atoms with Crippen LogP contribution in [0.4, 0.5) is 0 Å². The number of hydrogen-bond acceptors (Lipinski definition) is 0. The molecule has 0 saturated heterocycles. The van der Waals surface area contributed by atoms with Crippen molar-refractivity contribution in [3.8, 4) is 0 Å². The second-order valence-electron chi connectivity index (χ2n) is 6.23. The van der Waals surface area contributed by atoms with Crippen LogP contribution in [-0.4, -0.2) is 4.74 Å². The van der Waals surface area contributed by atoms with E-state index in [-0.39, 0.29) is 29.6 Å². The third-order valence-electron chi connectivity index (χ3n) is 4.38. The first-order valence-electron chi connectivity index (χ1n) is 9.05. The molecule has 0 amide bonds. The Kier molecular flexibility index (Phi) is 12.1. The molecule has 29 heavy (non-hydrogen) atoms. The van der Waals surface area contributed by atoms with Crippen LogP contribution in [-0.2, 0) is 23.3 Å². The topological polar surface area (TPSA) is 0 Å². The van der Waals surface area contributed by atoms with Crippen LogP contribution in [0.15, 0.2) is 97.1 Å². The minimum atomic E-state index is -0.312. The summed E-state index contributed by atoms with van der Waals surface area (Å²) in [6.45, 7) is 2.13. The Morgan fingerprint density at radius 3 is 1.69 bits per heavy atom. The summed E-state index contributed by atoms with van der Waals surface area (Å²) in [5.74, 6) is 0. The molecule has 0 atom stereocenters. The van der Waals surface area contributed by atoms with E-state index in [9.17, 15) is 0 Å². The largest absolute Gasteiger partial charge is 1.00 e. The van der Waals surface area contributed by atoms with Gasteiger partial charge in [0.2, 0.25) is 0 Å². The number of rotatable bonds is 1. The number of hydrogen-bond donors (Lipinski definition) is 0. The molecule has 0 aliphatic rings. The third-order valence-corrected chi connectivity index (χ3v) is 8.41. The van der Waals surface area contributed by atoms with Gasteiger partial charge in [-0.15, -0.1) is 69.4 Å². The third kappa shape index (κ3) is 7.39. The fourth-order valence-corrected chi connectivity index (χ4v) is 2.97. The molecule has 0 unspecified atom stereocenters. The quantitative estimate of drug-likeness (QED) is 0.174. The van der Waals surface area contributed by atoms with Gasteiger partial charge in [0.05, 0.1) is 0 Å². The Morgan fingerprint density at radius 2 is 1.21 bits per heavy atom. The molecule has 0 nitrogen and oxygen atoms in total. The van der Waals surface area contributed by atoms with Gasteiger partial charge in [0.1, 0.15) is 0 Å². The normalized spacial score (nSPS) is 9.52. The van der Waals surface area contributed by atoms with Crippen LogP contribution in [0.2, 0.25) is 6.04 Å². The van der Waals surface area contributed by atoms with E-state index < -0.39 is 0 Å². The maximum atomic E-state index is 5.60. The molecule has 148 valence electrons. The molecule has 5 rings (SSSR count). The van der Waals surface area contributed by atoms with Crippen molar-refractivity contribution in [2.24, 2.45) is 0 Å². The van der Waals surface area contributed by atoms with Crippen molar-refractivity contribution in [3.05, 3.63) is 97.1 Å². The van der Waals surface area contributed by atoms with E-state index in [0.717, 1.165) is 0 Å². The Bertz CT molecular complexity index is 1080. The molecule has 0 fully saturated rings. The molecule has 0 aliphatic heterocycles. The fraction of sp³-hybridized carbons (Fsp3) is 0.0833. The minimum Gasteiger partial charge on any atom is -1.00 e. The molecular formula is C24H21Cl3SiZr-2. The monoisotopic (exact) mass is 532 g/mol. The van der Waals surface area contributed by atoms with E-state index in [4.69, 9.17) is 11.1 Å². The number of benzene rings is 3. The maximum absolute atomic E-state index is 5.60. The Morgan fingerprint density at radius 1 is 0.759 bits per heavy atom. The Labute approximate surface area is 204 Å². The van der Waals surface area contributed by atoms with E-state index in [1.807, 2.05) is 0 Å². The predicted octanol–water partition coefficient (Wildman–Crippen LogP) is 1.56. The SMILES string of the molecule is CC[Si](Cl)=[Zr+2].[Cl-].[Cl-].c1ccc2[cH-]ccc2c1.c1ccc2c(c1)[cH-]c1ccccc12. The van der Waals surface area contributed by atoms with E-state index in [2.05, 4.69) is 104 Å². The van der Waals surface area contributed by atoms with Crippen LogP contribution in [0.1, 0.15) is 6.92 Å². The van der Waals surface area contributed by atoms with Crippen LogP contribution in [0.5, 0.6) is 0 Å². The van der Waals surface area contributed by atoms with Gasteiger partial charge in [-0.05, 0) is 0 Å². The smallest absolute Gasteiger partial charge is 0.0771 e. The van der Waals surface area contributed by atoms with Crippen LogP contribution >= 0.6 is 11.1 Å². The molecule has 0 saturated carbocycles. The summed E-state index contributed by atoms with van der Waals surface area (Å²) < 4.78 is -0.312. The van der Waals surface area contributed by atoms with Gasteiger partial charge in [-0.2, -0.15) is 17.5 Å². The standard InChI is InChI=1S/C13H9.C9H7.C2H5ClSi.2ClH.Zr/c1-3-7-12-10(5-1)9-11-6-2-4-8-13(11)12;1-2-5-9-7-3-6-8(9)4-1;1-2-4-3;;;/h1-9H;1-7H;2H2,1H3;2*1H;/q2*-1;;;;+2/p-2. The van der Waals surface area contributed by atoms with Crippen LogP contribution in [0.3, 0.4) is 0 Å². The zero-order valence-electron chi connectivity index (χ0n) is 16.1. The summed E-state index contributed by atoms with van der Waals surface area (Å²) in [5, 5.41) is 8.05. The van der Waals surface area contributed by atoms with E-state index >= 15 is 0 Å². The summed E-state index contributed by atoms with van der Waals surface area (Å²) in [4.78, 5) is 0. The molecule has 5 aromatic rings. The van der Waals surface area contributed by atoms with Crippen molar-refractivity contribution in [1.82, 2.24) is 0 Å². The zero-order valence-corrected chi connectivity index (χ0v) is 21.8. The Balaban J connectivity index is 0.000000233. The minimum absolute atomic E-state index is 0. The molecule has 5 aromatic carbocycles. The molecule has 0 spiro atoms. The zero-order chi connectivity index (χ0) is 19.1.